The van der Waals surface area contributed by atoms with Gasteiger partial charge in [0.2, 0.25) is 0 Å². The number of anilines is 1. The van der Waals surface area contributed by atoms with E-state index < -0.39 is 0 Å². The van der Waals surface area contributed by atoms with Gasteiger partial charge in [0.15, 0.2) is 11.5 Å². The van der Waals surface area contributed by atoms with Crippen molar-refractivity contribution in [2.24, 2.45) is 0 Å². The minimum absolute atomic E-state index is 0.324. The van der Waals surface area contributed by atoms with E-state index in [9.17, 15) is 4.39 Å². The van der Waals surface area contributed by atoms with E-state index in [1.165, 1.54) is 6.07 Å². The van der Waals surface area contributed by atoms with Crippen molar-refractivity contribution in [2.45, 2.75) is 19.9 Å². The van der Waals surface area contributed by atoms with Crippen LogP contribution < -0.4 is 4.90 Å². The summed E-state index contributed by atoms with van der Waals surface area (Å²) in [5.41, 5.74) is 1.02. The number of benzene rings is 1. The van der Waals surface area contributed by atoms with E-state index in [-0.39, 0.29) is 5.82 Å². The summed E-state index contributed by atoms with van der Waals surface area (Å²) in [7, 11) is 0. The number of aromatic nitrogens is 4. The summed E-state index contributed by atoms with van der Waals surface area (Å²) >= 11 is 0. The molecule has 0 saturated carbocycles. The zero-order valence-electron chi connectivity index (χ0n) is 14.4. The van der Waals surface area contributed by atoms with E-state index in [1.807, 2.05) is 12.1 Å². The quantitative estimate of drug-likeness (QED) is 0.733. The van der Waals surface area contributed by atoms with Crippen LogP contribution in [0.2, 0.25) is 0 Å². The van der Waals surface area contributed by atoms with Crippen LogP contribution in [-0.2, 0) is 0 Å². The molecule has 1 saturated heterocycles. The van der Waals surface area contributed by atoms with Gasteiger partial charge in [-0.1, -0.05) is 12.1 Å². The molecule has 6 nitrogen and oxygen atoms in total. The van der Waals surface area contributed by atoms with Crippen LogP contribution in [0.1, 0.15) is 13.8 Å². The van der Waals surface area contributed by atoms with Crippen LogP contribution >= 0.6 is 0 Å². The van der Waals surface area contributed by atoms with Crippen molar-refractivity contribution < 1.29 is 4.39 Å². The molecule has 1 fully saturated rings. The molecule has 2 aromatic heterocycles. The van der Waals surface area contributed by atoms with Crippen LogP contribution in [0, 0.1) is 5.82 Å². The van der Waals surface area contributed by atoms with Gasteiger partial charge < -0.3 is 4.90 Å². The maximum Gasteiger partial charge on any atom is 0.188 e. The maximum absolute atomic E-state index is 14.1. The second-order valence-corrected chi connectivity index (χ2v) is 6.58. The third-order valence-corrected chi connectivity index (χ3v) is 4.73. The van der Waals surface area contributed by atoms with E-state index in [1.54, 1.807) is 22.7 Å². The van der Waals surface area contributed by atoms with Crippen molar-refractivity contribution >= 4 is 11.5 Å². The molecule has 0 bridgehead atoms. The van der Waals surface area contributed by atoms with Crippen LogP contribution in [0.15, 0.2) is 36.4 Å². The lowest BCUT2D eigenvalue weighted by Crippen LogP contribution is -2.49. The summed E-state index contributed by atoms with van der Waals surface area (Å²) < 4.78 is 15.8. The highest BCUT2D eigenvalue weighted by Gasteiger charge is 2.21. The summed E-state index contributed by atoms with van der Waals surface area (Å²) in [6.07, 6.45) is 0. The number of hydrogen-bond donors (Lipinski definition) is 0. The number of halogens is 1. The molecule has 1 aliphatic rings. The fourth-order valence-electron chi connectivity index (χ4n) is 3.23. The Morgan fingerprint density at radius 1 is 0.960 bits per heavy atom. The first-order valence-corrected chi connectivity index (χ1v) is 8.60. The Morgan fingerprint density at radius 2 is 1.72 bits per heavy atom. The molecule has 3 aromatic rings. The van der Waals surface area contributed by atoms with Crippen LogP contribution in [0.5, 0.6) is 0 Å². The van der Waals surface area contributed by atoms with E-state index in [2.05, 4.69) is 38.9 Å². The highest BCUT2D eigenvalue weighted by atomic mass is 19.1. The Bertz CT molecular complexity index is 882. The molecule has 0 radical (unpaired) electrons. The molecule has 7 heteroatoms. The van der Waals surface area contributed by atoms with Gasteiger partial charge in [-0.25, -0.2) is 4.39 Å². The molecule has 0 N–H and O–H groups in total. The number of piperazine rings is 1. The van der Waals surface area contributed by atoms with Crippen molar-refractivity contribution in [3.8, 4) is 11.4 Å². The molecule has 0 spiro atoms. The second kappa shape index (κ2) is 6.40. The third kappa shape index (κ3) is 2.95. The third-order valence-electron chi connectivity index (χ3n) is 4.73. The Kier molecular flexibility index (Phi) is 4.09. The van der Waals surface area contributed by atoms with E-state index in [0.717, 1.165) is 32.0 Å². The minimum atomic E-state index is -0.324. The summed E-state index contributed by atoms with van der Waals surface area (Å²) in [6, 6.07) is 11.0. The monoisotopic (exact) mass is 340 g/mol. The molecule has 1 aliphatic heterocycles. The van der Waals surface area contributed by atoms with Crippen molar-refractivity contribution in [2.75, 3.05) is 31.1 Å². The molecule has 0 amide bonds. The predicted molar refractivity (Wildman–Crippen MR) is 95.1 cm³/mol. The molecule has 0 aliphatic carbocycles. The summed E-state index contributed by atoms with van der Waals surface area (Å²) in [4.78, 5) is 4.71. The first kappa shape index (κ1) is 16.0. The molecule has 0 unspecified atom stereocenters. The number of hydrogen-bond acceptors (Lipinski definition) is 5. The maximum atomic E-state index is 14.1. The smallest absolute Gasteiger partial charge is 0.188 e. The number of nitrogens with zero attached hydrogens (tertiary/aromatic N) is 6. The van der Waals surface area contributed by atoms with Gasteiger partial charge in [-0.05, 0) is 38.1 Å². The van der Waals surface area contributed by atoms with Crippen molar-refractivity contribution in [3.05, 3.63) is 42.2 Å². The van der Waals surface area contributed by atoms with Gasteiger partial charge in [-0.2, -0.15) is 4.52 Å². The standard InChI is InChI=1S/C18H21FN6/c1-13(2)23-9-11-24(12-10-23)17-8-7-16-20-21-18(25(16)22-17)14-5-3-4-6-15(14)19/h3-8,13H,9-12H2,1-2H3. The highest BCUT2D eigenvalue weighted by Crippen LogP contribution is 2.22. The van der Waals surface area contributed by atoms with Crippen LogP contribution in [-0.4, -0.2) is 56.9 Å². The molecular weight excluding hydrogens is 319 g/mol. The molecule has 130 valence electrons. The second-order valence-electron chi connectivity index (χ2n) is 6.58. The van der Waals surface area contributed by atoms with Crippen LogP contribution in [0.3, 0.4) is 0 Å². The summed E-state index contributed by atoms with van der Waals surface area (Å²) in [6.45, 7) is 8.32. The largest absolute Gasteiger partial charge is 0.353 e. The van der Waals surface area contributed by atoms with Gasteiger partial charge in [-0.15, -0.1) is 15.3 Å². The Morgan fingerprint density at radius 3 is 2.44 bits per heavy atom. The number of fused-ring (bicyclic) bond motifs is 1. The van der Waals surface area contributed by atoms with Crippen molar-refractivity contribution in [1.82, 2.24) is 24.7 Å². The zero-order valence-corrected chi connectivity index (χ0v) is 14.4. The number of rotatable bonds is 3. The van der Waals surface area contributed by atoms with Gasteiger partial charge in [0.05, 0.1) is 5.56 Å². The topological polar surface area (TPSA) is 49.6 Å². The average Bonchev–Trinajstić information content (AvgIpc) is 3.05. The van der Waals surface area contributed by atoms with Crippen molar-refractivity contribution in [3.63, 3.8) is 0 Å². The minimum Gasteiger partial charge on any atom is -0.353 e. The lowest BCUT2D eigenvalue weighted by atomic mass is 10.2. The van der Waals surface area contributed by atoms with Crippen molar-refractivity contribution in [1.29, 1.82) is 0 Å². The first-order valence-electron chi connectivity index (χ1n) is 8.60. The Balaban J connectivity index is 1.67. The van der Waals surface area contributed by atoms with Gasteiger partial charge >= 0.3 is 0 Å². The Hall–Kier alpha value is -2.54. The zero-order chi connectivity index (χ0) is 17.4. The van der Waals surface area contributed by atoms with Gasteiger partial charge in [-0.3, -0.25) is 4.90 Å². The van der Waals surface area contributed by atoms with E-state index in [0.29, 0.717) is 23.1 Å². The van der Waals surface area contributed by atoms with Crippen LogP contribution in [0.4, 0.5) is 10.2 Å². The lowest BCUT2D eigenvalue weighted by molar-refractivity contribution is 0.209. The average molecular weight is 340 g/mol. The summed E-state index contributed by atoms with van der Waals surface area (Å²) in [5.74, 6) is 0.971. The molecule has 25 heavy (non-hydrogen) atoms. The fourth-order valence-corrected chi connectivity index (χ4v) is 3.23. The van der Waals surface area contributed by atoms with E-state index in [4.69, 9.17) is 0 Å². The van der Waals surface area contributed by atoms with Gasteiger partial charge in [0, 0.05) is 32.2 Å². The van der Waals surface area contributed by atoms with Gasteiger partial charge in [0.1, 0.15) is 11.6 Å². The Labute approximate surface area is 145 Å². The van der Waals surface area contributed by atoms with Crippen LogP contribution in [0.25, 0.3) is 17.0 Å². The first-order chi connectivity index (χ1) is 12.1. The molecular formula is C18H21FN6. The highest BCUT2D eigenvalue weighted by molar-refractivity contribution is 5.60. The molecule has 1 aromatic carbocycles. The predicted octanol–water partition coefficient (Wildman–Crippen LogP) is 2.46. The molecule has 0 atom stereocenters. The SMILES string of the molecule is CC(C)N1CCN(c2ccc3nnc(-c4ccccc4F)n3n2)CC1. The van der Waals surface area contributed by atoms with E-state index >= 15 is 0 Å². The molecule has 3 heterocycles. The normalized spacial score (nSPS) is 16.1. The lowest BCUT2D eigenvalue weighted by Gasteiger charge is -2.37. The molecule has 4 rings (SSSR count). The van der Waals surface area contributed by atoms with Gasteiger partial charge in [0.25, 0.3) is 0 Å². The summed E-state index contributed by atoms with van der Waals surface area (Å²) in [5, 5.41) is 12.9. The fraction of sp³-hybridized carbons (Fsp3) is 0.389.